The topological polar surface area (TPSA) is 87.3 Å². The standard InChI is InChI=1S/C21H25N3O3S2/c1-21(2)17-11-28-19(16(17)10-22-21)29(26,27)24-20(25)23-18-14-7-3-5-12(14)9-13-6-4-8-15(13)18/h9,11,22H,3-8,10H2,1-2H3,(H2,23,24,25). The van der Waals surface area contributed by atoms with Crippen LogP contribution in [0.3, 0.4) is 0 Å². The summed E-state index contributed by atoms with van der Waals surface area (Å²) in [7, 11) is -3.92. The molecule has 0 saturated heterocycles. The molecular weight excluding hydrogens is 406 g/mol. The Hall–Kier alpha value is -1.90. The molecule has 1 aromatic carbocycles. The van der Waals surface area contributed by atoms with E-state index in [1.54, 1.807) is 0 Å². The molecule has 2 aromatic rings. The molecule has 5 rings (SSSR count). The molecular formula is C21H25N3O3S2. The Morgan fingerprint density at radius 2 is 1.72 bits per heavy atom. The minimum Gasteiger partial charge on any atom is -0.307 e. The predicted molar refractivity (Wildman–Crippen MR) is 114 cm³/mol. The maximum atomic E-state index is 12.9. The number of benzene rings is 1. The number of fused-ring (bicyclic) bond motifs is 3. The fraction of sp³-hybridized carbons (Fsp3) is 0.476. The van der Waals surface area contributed by atoms with Crippen molar-refractivity contribution in [2.75, 3.05) is 5.32 Å². The van der Waals surface area contributed by atoms with E-state index in [4.69, 9.17) is 0 Å². The number of anilines is 1. The number of carbonyl (C=O) groups excluding carboxylic acids is 1. The van der Waals surface area contributed by atoms with Gasteiger partial charge in [0.25, 0.3) is 10.0 Å². The van der Waals surface area contributed by atoms with Crippen LogP contribution in [-0.4, -0.2) is 14.4 Å². The first-order chi connectivity index (χ1) is 13.8. The highest BCUT2D eigenvalue weighted by molar-refractivity contribution is 7.92. The van der Waals surface area contributed by atoms with Gasteiger partial charge in [-0.1, -0.05) is 6.07 Å². The highest BCUT2D eigenvalue weighted by atomic mass is 32.2. The number of carbonyl (C=O) groups is 1. The van der Waals surface area contributed by atoms with Crippen molar-refractivity contribution in [1.82, 2.24) is 10.0 Å². The Morgan fingerprint density at radius 1 is 1.07 bits per heavy atom. The molecule has 1 aliphatic heterocycles. The molecule has 6 nitrogen and oxygen atoms in total. The summed E-state index contributed by atoms with van der Waals surface area (Å²) in [6.07, 6.45) is 6.09. The molecule has 3 N–H and O–H groups in total. The normalized spacial score (nSPS) is 19.0. The number of hydrogen-bond acceptors (Lipinski definition) is 5. The van der Waals surface area contributed by atoms with Crippen LogP contribution >= 0.6 is 11.3 Å². The molecule has 0 bridgehead atoms. The van der Waals surface area contributed by atoms with Crippen LogP contribution in [0.15, 0.2) is 15.7 Å². The van der Waals surface area contributed by atoms with E-state index in [1.807, 2.05) is 19.2 Å². The van der Waals surface area contributed by atoms with Crippen LogP contribution in [0.1, 0.15) is 60.1 Å². The molecule has 29 heavy (non-hydrogen) atoms. The van der Waals surface area contributed by atoms with Crippen molar-refractivity contribution in [1.29, 1.82) is 0 Å². The fourth-order valence-corrected chi connectivity index (χ4v) is 7.62. The average Bonchev–Trinajstić information content (AvgIpc) is 3.39. The Balaban J connectivity index is 1.42. The van der Waals surface area contributed by atoms with Gasteiger partial charge in [-0.3, -0.25) is 0 Å². The minimum atomic E-state index is -3.92. The van der Waals surface area contributed by atoms with Crippen LogP contribution in [0.5, 0.6) is 0 Å². The maximum absolute atomic E-state index is 12.9. The largest absolute Gasteiger partial charge is 0.333 e. The van der Waals surface area contributed by atoms with Gasteiger partial charge in [-0.05, 0) is 85.6 Å². The van der Waals surface area contributed by atoms with Crippen molar-refractivity contribution in [3.05, 3.63) is 44.8 Å². The van der Waals surface area contributed by atoms with Gasteiger partial charge in [0, 0.05) is 23.3 Å². The van der Waals surface area contributed by atoms with Gasteiger partial charge in [0.15, 0.2) is 0 Å². The first-order valence-corrected chi connectivity index (χ1v) is 12.5. The zero-order valence-electron chi connectivity index (χ0n) is 16.6. The van der Waals surface area contributed by atoms with Gasteiger partial charge in [0.1, 0.15) is 4.21 Å². The first-order valence-electron chi connectivity index (χ1n) is 10.1. The average molecular weight is 432 g/mol. The molecule has 154 valence electrons. The highest BCUT2D eigenvalue weighted by Gasteiger charge is 2.36. The third-order valence-corrected chi connectivity index (χ3v) is 9.37. The Bertz CT molecular complexity index is 1100. The fourth-order valence-electron chi connectivity index (χ4n) is 4.96. The molecule has 0 unspecified atom stereocenters. The Morgan fingerprint density at radius 3 is 2.38 bits per heavy atom. The van der Waals surface area contributed by atoms with Crippen molar-refractivity contribution in [2.24, 2.45) is 0 Å². The van der Waals surface area contributed by atoms with E-state index in [2.05, 4.69) is 21.4 Å². The van der Waals surface area contributed by atoms with Gasteiger partial charge in [0.2, 0.25) is 0 Å². The van der Waals surface area contributed by atoms with Gasteiger partial charge < -0.3 is 10.6 Å². The number of nitrogens with one attached hydrogen (secondary N) is 3. The zero-order valence-corrected chi connectivity index (χ0v) is 18.3. The van der Waals surface area contributed by atoms with E-state index in [0.29, 0.717) is 6.54 Å². The molecule has 0 radical (unpaired) electrons. The second-order valence-corrected chi connectivity index (χ2v) is 11.4. The van der Waals surface area contributed by atoms with Crippen LogP contribution in [0.4, 0.5) is 10.5 Å². The minimum absolute atomic E-state index is 0.226. The molecule has 3 aliphatic rings. The van der Waals surface area contributed by atoms with Crippen molar-refractivity contribution in [3.8, 4) is 0 Å². The first kappa shape index (κ1) is 19.1. The smallest absolute Gasteiger partial charge is 0.307 e. The molecule has 0 spiro atoms. The summed E-state index contributed by atoms with van der Waals surface area (Å²) in [6.45, 7) is 4.54. The maximum Gasteiger partial charge on any atom is 0.333 e. The van der Waals surface area contributed by atoms with Crippen molar-refractivity contribution < 1.29 is 13.2 Å². The van der Waals surface area contributed by atoms with Gasteiger partial charge in [-0.2, -0.15) is 0 Å². The number of amides is 2. The van der Waals surface area contributed by atoms with Crippen LogP contribution in [0.25, 0.3) is 0 Å². The third kappa shape index (κ3) is 3.08. The lowest BCUT2D eigenvalue weighted by molar-refractivity contribution is 0.256. The Kier molecular flexibility index (Phi) is 4.31. The molecule has 2 amide bonds. The second kappa shape index (κ2) is 6.55. The van der Waals surface area contributed by atoms with Crippen LogP contribution in [0.2, 0.25) is 0 Å². The van der Waals surface area contributed by atoms with Gasteiger partial charge in [0.05, 0.1) is 0 Å². The monoisotopic (exact) mass is 431 g/mol. The quantitative estimate of drug-likeness (QED) is 0.693. The van der Waals surface area contributed by atoms with E-state index in [0.717, 1.165) is 55.3 Å². The van der Waals surface area contributed by atoms with Crippen LogP contribution in [0, 0.1) is 0 Å². The predicted octanol–water partition coefficient (Wildman–Crippen LogP) is 3.57. The second-order valence-electron chi connectivity index (χ2n) is 8.69. The number of hydrogen-bond donors (Lipinski definition) is 3. The number of aryl methyl sites for hydroxylation is 2. The summed E-state index contributed by atoms with van der Waals surface area (Å²) >= 11 is 1.18. The Labute approximate surface area is 175 Å². The van der Waals surface area contributed by atoms with E-state index >= 15 is 0 Å². The molecule has 8 heteroatoms. The third-order valence-electron chi connectivity index (χ3n) is 6.42. The van der Waals surface area contributed by atoms with Gasteiger partial charge in [-0.25, -0.2) is 17.9 Å². The molecule has 1 aromatic heterocycles. The van der Waals surface area contributed by atoms with Crippen LogP contribution in [-0.2, 0) is 47.8 Å². The molecule has 2 aliphatic carbocycles. The van der Waals surface area contributed by atoms with Crippen molar-refractivity contribution in [3.63, 3.8) is 0 Å². The summed E-state index contributed by atoms with van der Waals surface area (Å²) in [4.78, 5) is 12.7. The van der Waals surface area contributed by atoms with Gasteiger partial charge in [-0.15, -0.1) is 11.3 Å². The zero-order chi connectivity index (χ0) is 20.4. The molecule has 0 fully saturated rings. The van der Waals surface area contributed by atoms with E-state index in [9.17, 15) is 13.2 Å². The molecule has 0 saturated carbocycles. The van der Waals surface area contributed by atoms with E-state index < -0.39 is 16.1 Å². The summed E-state index contributed by atoms with van der Waals surface area (Å²) in [5.41, 5.74) is 7.30. The number of thiophene rings is 1. The van der Waals surface area contributed by atoms with E-state index in [-0.39, 0.29) is 9.75 Å². The molecule has 0 atom stereocenters. The van der Waals surface area contributed by atoms with Crippen molar-refractivity contribution >= 4 is 33.1 Å². The number of urea groups is 1. The van der Waals surface area contributed by atoms with Crippen LogP contribution < -0.4 is 15.4 Å². The summed E-state index contributed by atoms with van der Waals surface area (Å²) < 4.78 is 28.4. The lowest BCUT2D eigenvalue weighted by Gasteiger charge is -2.17. The number of rotatable bonds is 3. The van der Waals surface area contributed by atoms with Crippen molar-refractivity contribution in [2.45, 2.75) is 68.7 Å². The lowest BCUT2D eigenvalue weighted by atomic mass is 9.99. The SMILES string of the molecule is CC1(C)NCc2c1csc2S(=O)(=O)NC(=O)Nc1c2c(cc3c1CCC3)CCC2. The highest BCUT2D eigenvalue weighted by Crippen LogP contribution is 2.40. The summed E-state index contributed by atoms with van der Waals surface area (Å²) in [5, 5.41) is 8.10. The van der Waals surface area contributed by atoms with Gasteiger partial charge >= 0.3 is 6.03 Å². The molecule has 2 heterocycles. The number of sulfonamides is 1. The summed E-state index contributed by atoms with van der Waals surface area (Å²) in [5.74, 6) is 0. The lowest BCUT2D eigenvalue weighted by Crippen LogP contribution is -2.35. The van der Waals surface area contributed by atoms with E-state index in [1.165, 1.54) is 33.6 Å². The summed E-state index contributed by atoms with van der Waals surface area (Å²) in [6, 6.07) is 1.61.